The van der Waals surface area contributed by atoms with Crippen molar-refractivity contribution < 1.29 is 4.79 Å². The van der Waals surface area contributed by atoms with Gasteiger partial charge in [-0.2, -0.15) is 5.10 Å². The van der Waals surface area contributed by atoms with Crippen LogP contribution >= 0.6 is 11.3 Å². The lowest BCUT2D eigenvalue weighted by Gasteiger charge is -1.94. The van der Waals surface area contributed by atoms with E-state index in [1.165, 1.54) is 4.88 Å². The molecule has 0 aliphatic rings. The Bertz CT molecular complexity index is 499. The maximum absolute atomic E-state index is 11.9. The highest BCUT2D eigenvalue weighted by Gasteiger charge is 2.10. The second-order valence-electron chi connectivity index (χ2n) is 3.72. The van der Waals surface area contributed by atoms with E-state index in [0.717, 1.165) is 11.3 Å². The molecule has 0 saturated heterocycles. The summed E-state index contributed by atoms with van der Waals surface area (Å²) in [5.74, 6) is 0.137. The Balaban J connectivity index is 2.07. The number of thiophene rings is 1. The van der Waals surface area contributed by atoms with E-state index in [4.69, 9.17) is 0 Å². The predicted octanol–water partition coefficient (Wildman–Crippen LogP) is 2.47. The van der Waals surface area contributed by atoms with Crippen LogP contribution in [0.4, 0.5) is 0 Å². The van der Waals surface area contributed by atoms with Crippen LogP contribution in [0.1, 0.15) is 27.0 Å². The molecule has 0 radical (unpaired) electrons. The first-order valence-electron chi connectivity index (χ1n) is 5.28. The quantitative estimate of drug-likeness (QED) is 0.762. The monoisotopic (exact) mass is 234 g/mol. The van der Waals surface area contributed by atoms with E-state index < -0.39 is 0 Å². The molecule has 16 heavy (non-hydrogen) atoms. The van der Waals surface area contributed by atoms with Crippen LogP contribution in [0.5, 0.6) is 0 Å². The van der Waals surface area contributed by atoms with Crippen molar-refractivity contribution in [3.05, 3.63) is 39.8 Å². The van der Waals surface area contributed by atoms with Gasteiger partial charge >= 0.3 is 0 Å². The van der Waals surface area contributed by atoms with Crippen molar-refractivity contribution in [1.82, 2.24) is 9.78 Å². The number of carbonyl (C=O) groups excluding carboxylic acids is 1. The number of aromatic nitrogens is 2. The van der Waals surface area contributed by atoms with Gasteiger partial charge in [0.05, 0.1) is 11.8 Å². The van der Waals surface area contributed by atoms with Gasteiger partial charge < -0.3 is 0 Å². The van der Waals surface area contributed by atoms with Gasteiger partial charge in [-0.05, 0) is 18.6 Å². The van der Waals surface area contributed by atoms with Crippen LogP contribution < -0.4 is 0 Å². The number of hydrogen-bond donors (Lipinski definition) is 0. The Morgan fingerprint density at radius 3 is 2.75 bits per heavy atom. The summed E-state index contributed by atoms with van der Waals surface area (Å²) < 4.78 is 1.65. The van der Waals surface area contributed by atoms with Crippen molar-refractivity contribution >= 4 is 17.1 Å². The fraction of sp³-hybridized carbons (Fsp3) is 0.333. The molecule has 3 nitrogen and oxygen atoms in total. The average Bonchev–Trinajstić information content (AvgIpc) is 2.87. The molecule has 0 bridgehead atoms. The molecule has 0 spiro atoms. The van der Waals surface area contributed by atoms with Gasteiger partial charge in [0.15, 0.2) is 5.78 Å². The second-order valence-corrected chi connectivity index (χ2v) is 4.98. The zero-order valence-electron chi connectivity index (χ0n) is 9.43. The third kappa shape index (κ3) is 2.39. The number of hydrogen-bond acceptors (Lipinski definition) is 3. The van der Waals surface area contributed by atoms with Crippen LogP contribution in [-0.2, 0) is 19.9 Å². The fourth-order valence-electron chi connectivity index (χ4n) is 1.53. The molecule has 4 heteroatoms. The molecule has 0 amide bonds. The summed E-state index contributed by atoms with van der Waals surface area (Å²) in [6.07, 6.45) is 4.90. The van der Waals surface area contributed by atoms with Crippen LogP contribution in [0.3, 0.4) is 0 Å². The predicted molar refractivity (Wildman–Crippen MR) is 64.9 cm³/mol. The highest BCUT2D eigenvalue weighted by Crippen LogP contribution is 2.18. The summed E-state index contributed by atoms with van der Waals surface area (Å²) >= 11 is 1.71. The molecule has 2 aromatic heterocycles. The SMILES string of the molecule is CCc1ccc(CC(=O)c2cnn(C)c2)s1. The third-order valence-corrected chi connectivity index (χ3v) is 3.66. The molecule has 2 heterocycles. The van der Waals surface area contributed by atoms with Crippen molar-refractivity contribution in [1.29, 1.82) is 0 Å². The lowest BCUT2D eigenvalue weighted by Crippen LogP contribution is -2.00. The van der Waals surface area contributed by atoms with E-state index >= 15 is 0 Å². The Morgan fingerprint density at radius 1 is 1.44 bits per heavy atom. The van der Waals surface area contributed by atoms with Crippen molar-refractivity contribution in [2.24, 2.45) is 7.05 Å². The Labute approximate surface area is 98.7 Å². The standard InChI is InChI=1S/C12H14N2OS/c1-3-10-4-5-11(16-10)6-12(15)9-7-13-14(2)8-9/h4-5,7-8H,3,6H2,1-2H3. The van der Waals surface area contributed by atoms with Crippen LogP contribution in [0, 0.1) is 0 Å². The molecule has 0 aromatic carbocycles. The van der Waals surface area contributed by atoms with E-state index in [2.05, 4.69) is 18.1 Å². The zero-order chi connectivity index (χ0) is 11.5. The Morgan fingerprint density at radius 2 is 2.19 bits per heavy atom. The minimum Gasteiger partial charge on any atom is -0.294 e. The first kappa shape index (κ1) is 11.1. The van der Waals surface area contributed by atoms with E-state index in [1.807, 2.05) is 13.1 Å². The maximum Gasteiger partial charge on any atom is 0.171 e. The zero-order valence-corrected chi connectivity index (χ0v) is 10.3. The van der Waals surface area contributed by atoms with Crippen molar-refractivity contribution in [2.45, 2.75) is 19.8 Å². The maximum atomic E-state index is 11.9. The highest BCUT2D eigenvalue weighted by molar-refractivity contribution is 7.12. The summed E-state index contributed by atoms with van der Waals surface area (Å²) in [6, 6.07) is 4.13. The number of carbonyl (C=O) groups is 1. The van der Waals surface area contributed by atoms with Crippen LogP contribution in [0.15, 0.2) is 24.5 Å². The lowest BCUT2D eigenvalue weighted by molar-refractivity contribution is 0.0994. The van der Waals surface area contributed by atoms with Crippen LogP contribution in [-0.4, -0.2) is 15.6 Å². The number of Topliss-reactive ketones (excluding diaryl/α,β-unsaturated/α-hetero) is 1. The first-order chi connectivity index (χ1) is 7.69. The molecule has 0 saturated carbocycles. The summed E-state index contributed by atoms with van der Waals surface area (Å²) in [6.45, 7) is 2.12. The van der Waals surface area contributed by atoms with Gasteiger partial charge in [0.2, 0.25) is 0 Å². The molecule has 0 aliphatic heterocycles. The summed E-state index contributed by atoms with van der Waals surface area (Å²) in [5, 5.41) is 4.00. The highest BCUT2D eigenvalue weighted by atomic mass is 32.1. The largest absolute Gasteiger partial charge is 0.294 e. The fourth-order valence-corrected chi connectivity index (χ4v) is 2.49. The Hall–Kier alpha value is -1.42. The molecule has 0 fully saturated rings. The Kier molecular flexibility index (Phi) is 3.19. The number of rotatable bonds is 4. The molecule has 0 aliphatic carbocycles. The van der Waals surface area contributed by atoms with Gasteiger partial charge in [-0.15, -0.1) is 11.3 Å². The van der Waals surface area contributed by atoms with Crippen molar-refractivity contribution in [3.63, 3.8) is 0 Å². The van der Waals surface area contributed by atoms with Gasteiger partial charge in [-0.25, -0.2) is 0 Å². The van der Waals surface area contributed by atoms with E-state index in [-0.39, 0.29) is 5.78 Å². The summed E-state index contributed by atoms with van der Waals surface area (Å²) in [4.78, 5) is 14.3. The summed E-state index contributed by atoms with van der Waals surface area (Å²) in [5.41, 5.74) is 0.689. The van der Waals surface area contributed by atoms with E-state index in [0.29, 0.717) is 12.0 Å². The molecular weight excluding hydrogens is 220 g/mol. The molecular formula is C12H14N2OS. The van der Waals surface area contributed by atoms with Gasteiger partial charge in [0.25, 0.3) is 0 Å². The smallest absolute Gasteiger partial charge is 0.171 e. The molecule has 0 atom stereocenters. The minimum atomic E-state index is 0.137. The van der Waals surface area contributed by atoms with E-state index in [9.17, 15) is 4.79 Å². The molecule has 84 valence electrons. The molecule has 2 rings (SSSR count). The number of nitrogens with zero attached hydrogens (tertiary/aromatic N) is 2. The third-order valence-electron chi connectivity index (χ3n) is 2.43. The van der Waals surface area contributed by atoms with Crippen LogP contribution in [0.2, 0.25) is 0 Å². The van der Waals surface area contributed by atoms with Crippen LogP contribution in [0.25, 0.3) is 0 Å². The minimum absolute atomic E-state index is 0.137. The van der Waals surface area contributed by atoms with Gasteiger partial charge in [0, 0.05) is 29.4 Å². The van der Waals surface area contributed by atoms with Crippen molar-refractivity contribution in [3.8, 4) is 0 Å². The number of aryl methyl sites for hydroxylation is 2. The molecule has 2 aromatic rings. The normalized spacial score (nSPS) is 10.6. The van der Waals surface area contributed by atoms with Gasteiger partial charge in [-0.1, -0.05) is 6.92 Å². The second kappa shape index (κ2) is 4.61. The average molecular weight is 234 g/mol. The van der Waals surface area contributed by atoms with Crippen molar-refractivity contribution in [2.75, 3.05) is 0 Å². The molecule has 0 N–H and O–H groups in total. The summed E-state index contributed by atoms with van der Waals surface area (Å²) in [7, 11) is 1.82. The first-order valence-corrected chi connectivity index (χ1v) is 6.10. The topological polar surface area (TPSA) is 34.9 Å². The van der Waals surface area contributed by atoms with Gasteiger partial charge in [0.1, 0.15) is 0 Å². The van der Waals surface area contributed by atoms with Gasteiger partial charge in [-0.3, -0.25) is 9.48 Å². The lowest BCUT2D eigenvalue weighted by atomic mass is 10.1. The van der Waals surface area contributed by atoms with E-state index in [1.54, 1.807) is 28.4 Å². The molecule has 0 unspecified atom stereocenters. The number of ketones is 1.